The van der Waals surface area contributed by atoms with Crippen LogP contribution in [0.4, 0.5) is 4.39 Å². The Labute approximate surface area is 62.0 Å². The number of nitrogens with two attached hydrogens (primary N) is 1. The highest BCUT2D eigenvalue weighted by Crippen LogP contribution is 2.05. The van der Waals surface area contributed by atoms with Crippen LogP contribution >= 0.6 is 0 Å². The quantitative estimate of drug-likeness (QED) is 0.260. The first kappa shape index (κ1) is 9.85. The van der Waals surface area contributed by atoms with Gasteiger partial charge in [-0.05, 0) is 12.8 Å². The van der Waals surface area contributed by atoms with E-state index in [0.717, 1.165) is 12.8 Å². The highest BCUT2D eigenvalue weighted by atomic mass is 19.1. The molecule has 0 aliphatic rings. The fraction of sp³-hybridized carbons (Fsp3) is 1.00. The lowest BCUT2D eigenvalue weighted by atomic mass is 10.1. The van der Waals surface area contributed by atoms with E-state index >= 15 is 0 Å². The lowest BCUT2D eigenvalue weighted by molar-refractivity contribution is 0.253. The first-order valence-electron chi connectivity index (χ1n) is 3.91. The van der Waals surface area contributed by atoms with Crippen molar-refractivity contribution in [3.8, 4) is 0 Å². The van der Waals surface area contributed by atoms with Crippen molar-refractivity contribution in [1.82, 2.24) is 5.43 Å². The molecule has 0 saturated carbocycles. The molecule has 0 spiro atoms. The van der Waals surface area contributed by atoms with Crippen molar-refractivity contribution in [2.45, 2.75) is 45.3 Å². The van der Waals surface area contributed by atoms with Crippen molar-refractivity contribution in [1.29, 1.82) is 0 Å². The summed E-state index contributed by atoms with van der Waals surface area (Å²) < 4.78 is 12.3. The molecule has 0 aromatic carbocycles. The van der Waals surface area contributed by atoms with Gasteiger partial charge in [0.1, 0.15) is 0 Å². The molecule has 0 radical (unpaired) electrons. The summed E-state index contributed by atoms with van der Waals surface area (Å²) in [7, 11) is 0. The molecule has 0 fully saturated rings. The highest BCUT2D eigenvalue weighted by Gasteiger charge is 2.00. The summed E-state index contributed by atoms with van der Waals surface area (Å²) >= 11 is 0. The molecular weight excluding hydrogens is 131 g/mol. The Kier molecular flexibility index (Phi) is 6.86. The summed E-state index contributed by atoms with van der Waals surface area (Å²) in [5.41, 5.74) is 2.08. The summed E-state index contributed by atoms with van der Waals surface area (Å²) in [6.45, 7) is 2.13. The number of unbranched alkanes of at least 4 members (excludes halogenated alkanes) is 3. The average molecular weight is 148 g/mol. The van der Waals surface area contributed by atoms with Crippen molar-refractivity contribution in [2.24, 2.45) is 5.84 Å². The van der Waals surface area contributed by atoms with Gasteiger partial charge >= 0.3 is 0 Å². The van der Waals surface area contributed by atoms with Gasteiger partial charge in [-0.25, -0.2) is 9.82 Å². The Bertz CT molecular complexity index is 68.6. The van der Waals surface area contributed by atoms with Crippen LogP contribution in [0.25, 0.3) is 0 Å². The van der Waals surface area contributed by atoms with E-state index in [1.165, 1.54) is 12.8 Å². The molecule has 10 heavy (non-hydrogen) atoms. The summed E-state index contributed by atoms with van der Waals surface area (Å²) in [6.07, 6.45) is 3.94. The molecule has 0 aromatic heterocycles. The largest absolute Gasteiger partial charge is 0.269 e. The maximum Gasteiger partial charge on any atom is 0.163 e. The minimum Gasteiger partial charge on any atom is -0.269 e. The van der Waals surface area contributed by atoms with Crippen LogP contribution in [-0.2, 0) is 0 Å². The third-order valence-corrected chi connectivity index (χ3v) is 1.49. The standard InChI is InChI=1S/C7H17FN2/c1-2-3-4-5-6-7(8)10-9/h7,10H,2-6,9H2,1H3. The third kappa shape index (κ3) is 5.98. The summed E-state index contributed by atoms with van der Waals surface area (Å²) in [4.78, 5) is 0. The fourth-order valence-corrected chi connectivity index (χ4v) is 0.834. The zero-order valence-corrected chi connectivity index (χ0v) is 6.57. The van der Waals surface area contributed by atoms with E-state index in [-0.39, 0.29) is 0 Å². The number of rotatable bonds is 6. The van der Waals surface area contributed by atoms with Gasteiger partial charge in [0.25, 0.3) is 0 Å². The van der Waals surface area contributed by atoms with Crippen LogP contribution in [0.2, 0.25) is 0 Å². The Morgan fingerprint density at radius 1 is 1.40 bits per heavy atom. The Morgan fingerprint density at radius 2 is 2.10 bits per heavy atom. The Hall–Kier alpha value is -0.150. The van der Waals surface area contributed by atoms with Gasteiger partial charge in [0, 0.05) is 0 Å². The Morgan fingerprint density at radius 3 is 2.60 bits per heavy atom. The second-order valence-electron chi connectivity index (χ2n) is 2.48. The van der Waals surface area contributed by atoms with E-state index in [1.807, 2.05) is 0 Å². The second-order valence-corrected chi connectivity index (χ2v) is 2.48. The van der Waals surface area contributed by atoms with Gasteiger partial charge in [-0.1, -0.05) is 26.2 Å². The van der Waals surface area contributed by atoms with Gasteiger partial charge in [0.15, 0.2) is 6.30 Å². The van der Waals surface area contributed by atoms with E-state index in [0.29, 0.717) is 6.42 Å². The minimum atomic E-state index is -1.02. The van der Waals surface area contributed by atoms with Crippen LogP contribution in [-0.4, -0.2) is 6.30 Å². The van der Waals surface area contributed by atoms with E-state index < -0.39 is 6.30 Å². The van der Waals surface area contributed by atoms with Gasteiger partial charge in [-0.2, -0.15) is 0 Å². The van der Waals surface area contributed by atoms with Crippen LogP contribution in [0.5, 0.6) is 0 Å². The number of hydrogen-bond acceptors (Lipinski definition) is 2. The van der Waals surface area contributed by atoms with Crippen molar-refractivity contribution in [3.05, 3.63) is 0 Å². The second kappa shape index (κ2) is 6.96. The summed E-state index contributed by atoms with van der Waals surface area (Å²) in [5, 5.41) is 0. The monoisotopic (exact) mass is 148 g/mol. The van der Waals surface area contributed by atoms with Crippen molar-refractivity contribution in [3.63, 3.8) is 0 Å². The van der Waals surface area contributed by atoms with E-state index in [1.54, 1.807) is 0 Å². The molecule has 0 heterocycles. The molecule has 3 N–H and O–H groups in total. The molecule has 2 nitrogen and oxygen atoms in total. The topological polar surface area (TPSA) is 38.0 Å². The molecule has 0 saturated heterocycles. The van der Waals surface area contributed by atoms with E-state index in [4.69, 9.17) is 5.84 Å². The first-order chi connectivity index (χ1) is 4.81. The lowest BCUT2D eigenvalue weighted by Gasteiger charge is -2.04. The van der Waals surface area contributed by atoms with Gasteiger partial charge in [-0.3, -0.25) is 5.84 Å². The van der Waals surface area contributed by atoms with Gasteiger partial charge in [0.2, 0.25) is 0 Å². The molecule has 0 aliphatic heterocycles. The molecule has 1 atom stereocenters. The summed E-state index contributed by atoms with van der Waals surface area (Å²) in [5.74, 6) is 4.86. The smallest absolute Gasteiger partial charge is 0.163 e. The normalized spacial score (nSPS) is 13.5. The molecule has 0 amide bonds. The molecular formula is C7H17FN2. The van der Waals surface area contributed by atoms with E-state index in [9.17, 15) is 4.39 Å². The fourth-order valence-electron chi connectivity index (χ4n) is 0.834. The van der Waals surface area contributed by atoms with Gasteiger partial charge in [-0.15, -0.1) is 0 Å². The van der Waals surface area contributed by atoms with Crippen LogP contribution in [0.3, 0.4) is 0 Å². The average Bonchev–Trinajstić information content (AvgIpc) is 1.98. The molecule has 0 aliphatic carbocycles. The zero-order valence-electron chi connectivity index (χ0n) is 6.57. The van der Waals surface area contributed by atoms with Crippen LogP contribution < -0.4 is 11.3 Å². The number of halogens is 1. The van der Waals surface area contributed by atoms with Gasteiger partial charge in [0.05, 0.1) is 0 Å². The number of nitrogens with one attached hydrogen (secondary N) is 1. The maximum absolute atomic E-state index is 12.3. The van der Waals surface area contributed by atoms with E-state index in [2.05, 4.69) is 12.3 Å². The molecule has 3 heteroatoms. The SMILES string of the molecule is CCCCCCC(F)NN. The van der Waals surface area contributed by atoms with Crippen molar-refractivity contribution in [2.75, 3.05) is 0 Å². The highest BCUT2D eigenvalue weighted by molar-refractivity contribution is 4.48. The molecule has 0 aromatic rings. The number of hydrazine groups is 1. The zero-order chi connectivity index (χ0) is 7.82. The lowest BCUT2D eigenvalue weighted by Crippen LogP contribution is -2.31. The van der Waals surface area contributed by atoms with Crippen LogP contribution in [0.15, 0.2) is 0 Å². The predicted molar refractivity (Wildman–Crippen MR) is 41.0 cm³/mol. The van der Waals surface area contributed by atoms with Crippen molar-refractivity contribution >= 4 is 0 Å². The number of alkyl halides is 1. The van der Waals surface area contributed by atoms with Crippen LogP contribution in [0.1, 0.15) is 39.0 Å². The molecule has 0 rings (SSSR count). The predicted octanol–water partition coefficient (Wildman–Crippen LogP) is 1.72. The third-order valence-electron chi connectivity index (χ3n) is 1.49. The molecule has 62 valence electrons. The molecule has 1 unspecified atom stereocenters. The van der Waals surface area contributed by atoms with Crippen molar-refractivity contribution < 1.29 is 4.39 Å². The first-order valence-corrected chi connectivity index (χ1v) is 3.91. The minimum absolute atomic E-state index is 0.538. The van der Waals surface area contributed by atoms with Gasteiger partial charge < -0.3 is 0 Å². The van der Waals surface area contributed by atoms with Crippen LogP contribution in [0, 0.1) is 0 Å². The Balaban J connectivity index is 2.89. The summed E-state index contributed by atoms with van der Waals surface area (Å²) in [6, 6.07) is 0. The maximum atomic E-state index is 12.3. The molecule has 0 bridgehead atoms. The number of hydrogen-bond donors (Lipinski definition) is 2.